The van der Waals surface area contributed by atoms with E-state index in [1.54, 1.807) is 0 Å². The zero-order chi connectivity index (χ0) is 16.8. The molecule has 1 aliphatic carbocycles. The van der Waals surface area contributed by atoms with Gasteiger partial charge in [-0.05, 0) is 56.3 Å². The lowest BCUT2D eigenvalue weighted by Gasteiger charge is -2.29. The highest BCUT2D eigenvalue weighted by molar-refractivity contribution is 5.76. The SMILES string of the molecule is CN1CCC(Oc2ccc(CNC(=O)C[C@H]3C=CCC3)cc2)CC1. The third-order valence-electron chi connectivity index (χ3n) is 4.94. The number of allylic oxidation sites excluding steroid dienone is 2. The molecule has 1 atom stereocenters. The van der Waals surface area contributed by atoms with Crippen molar-refractivity contribution in [2.24, 2.45) is 5.92 Å². The first kappa shape index (κ1) is 17.0. The Labute approximate surface area is 144 Å². The number of carbonyl (C=O) groups excluding carboxylic acids is 1. The zero-order valence-electron chi connectivity index (χ0n) is 14.5. The zero-order valence-corrected chi connectivity index (χ0v) is 14.5. The van der Waals surface area contributed by atoms with E-state index < -0.39 is 0 Å². The van der Waals surface area contributed by atoms with E-state index in [1.165, 1.54) is 0 Å². The van der Waals surface area contributed by atoms with Crippen LogP contribution in [0.2, 0.25) is 0 Å². The van der Waals surface area contributed by atoms with Crippen molar-refractivity contribution in [1.82, 2.24) is 10.2 Å². The molecule has 1 N–H and O–H groups in total. The molecule has 4 nitrogen and oxygen atoms in total. The van der Waals surface area contributed by atoms with Crippen LogP contribution in [0.3, 0.4) is 0 Å². The molecule has 0 aromatic heterocycles. The van der Waals surface area contributed by atoms with E-state index in [1.807, 2.05) is 24.3 Å². The maximum atomic E-state index is 12.0. The van der Waals surface area contributed by atoms with Crippen molar-refractivity contribution in [3.8, 4) is 5.75 Å². The average molecular weight is 328 g/mol. The minimum Gasteiger partial charge on any atom is -0.490 e. The maximum absolute atomic E-state index is 12.0. The molecule has 1 fully saturated rings. The Morgan fingerprint density at radius 3 is 2.62 bits per heavy atom. The van der Waals surface area contributed by atoms with Gasteiger partial charge in [0.2, 0.25) is 5.91 Å². The minimum absolute atomic E-state index is 0.137. The van der Waals surface area contributed by atoms with Crippen LogP contribution in [0, 0.1) is 5.92 Å². The molecule has 1 aliphatic heterocycles. The van der Waals surface area contributed by atoms with Gasteiger partial charge < -0.3 is 15.0 Å². The highest BCUT2D eigenvalue weighted by atomic mass is 16.5. The molecule has 0 radical (unpaired) electrons. The third kappa shape index (κ3) is 5.10. The predicted octanol–water partition coefficient (Wildman–Crippen LogP) is 3.13. The van der Waals surface area contributed by atoms with Gasteiger partial charge in [0.15, 0.2) is 0 Å². The predicted molar refractivity (Wildman–Crippen MR) is 95.9 cm³/mol. The Balaban J connectivity index is 1.41. The molecule has 130 valence electrons. The summed E-state index contributed by atoms with van der Waals surface area (Å²) in [4.78, 5) is 14.3. The van der Waals surface area contributed by atoms with E-state index >= 15 is 0 Å². The Morgan fingerprint density at radius 1 is 1.21 bits per heavy atom. The molecule has 0 saturated carbocycles. The second kappa shape index (κ2) is 8.34. The standard InChI is InChI=1S/C20H28N2O2/c1-22-12-10-19(11-13-22)24-18-8-6-17(7-9-18)15-21-20(23)14-16-4-2-3-5-16/h2,4,6-9,16,19H,3,5,10-15H2,1H3,(H,21,23)/t16-/m0/s1. The number of hydrogen-bond acceptors (Lipinski definition) is 3. The largest absolute Gasteiger partial charge is 0.490 e. The molecule has 24 heavy (non-hydrogen) atoms. The molecule has 1 amide bonds. The summed E-state index contributed by atoms with van der Waals surface area (Å²) in [6, 6.07) is 8.11. The fraction of sp³-hybridized carbons (Fsp3) is 0.550. The summed E-state index contributed by atoms with van der Waals surface area (Å²) in [6.45, 7) is 2.79. The van der Waals surface area contributed by atoms with Crippen molar-refractivity contribution >= 4 is 5.91 Å². The molecule has 0 unspecified atom stereocenters. The molecule has 2 aliphatic rings. The van der Waals surface area contributed by atoms with Crippen LogP contribution in [0.1, 0.15) is 37.7 Å². The lowest BCUT2D eigenvalue weighted by atomic mass is 10.1. The number of nitrogens with zero attached hydrogens (tertiary/aromatic N) is 1. The molecule has 1 heterocycles. The second-order valence-electron chi connectivity index (χ2n) is 7.01. The number of benzene rings is 1. The lowest BCUT2D eigenvalue weighted by Crippen LogP contribution is -2.35. The van der Waals surface area contributed by atoms with Gasteiger partial charge in [0.05, 0.1) is 0 Å². The number of hydrogen-bond donors (Lipinski definition) is 1. The summed E-state index contributed by atoms with van der Waals surface area (Å²) < 4.78 is 6.05. The second-order valence-corrected chi connectivity index (χ2v) is 7.01. The van der Waals surface area contributed by atoms with Crippen LogP contribution < -0.4 is 10.1 Å². The highest BCUT2D eigenvalue weighted by Crippen LogP contribution is 2.21. The van der Waals surface area contributed by atoms with Crippen LogP contribution >= 0.6 is 0 Å². The number of rotatable bonds is 6. The highest BCUT2D eigenvalue weighted by Gasteiger charge is 2.18. The number of piperidine rings is 1. The van der Waals surface area contributed by atoms with Crippen LogP contribution in [0.25, 0.3) is 0 Å². The van der Waals surface area contributed by atoms with Crippen molar-refractivity contribution in [2.45, 2.75) is 44.8 Å². The van der Waals surface area contributed by atoms with Crippen molar-refractivity contribution < 1.29 is 9.53 Å². The summed E-state index contributed by atoms with van der Waals surface area (Å²) in [5.74, 6) is 1.49. The van der Waals surface area contributed by atoms with Gasteiger partial charge in [-0.25, -0.2) is 0 Å². The van der Waals surface area contributed by atoms with Crippen molar-refractivity contribution in [2.75, 3.05) is 20.1 Å². The molecular weight excluding hydrogens is 300 g/mol. The van der Waals surface area contributed by atoms with Crippen molar-refractivity contribution in [1.29, 1.82) is 0 Å². The molecular formula is C20H28N2O2. The quantitative estimate of drug-likeness (QED) is 0.816. The Hall–Kier alpha value is -1.81. The molecule has 4 heteroatoms. The molecule has 1 aromatic carbocycles. The number of carbonyl (C=O) groups is 1. The monoisotopic (exact) mass is 328 g/mol. The summed E-state index contributed by atoms with van der Waals surface area (Å²) in [5, 5.41) is 3.01. The average Bonchev–Trinajstić information content (AvgIpc) is 3.09. The molecule has 1 saturated heterocycles. The summed E-state index contributed by atoms with van der Waals surface area (Å²) in [7, 11) is 2.16. The van der Waals surface area contributed by atoms with E-state index in [0.717, 1.165) is 50.1 Å². The number of nitrogens with one attached hydrogen (secondary N) is 1. The molecule has 0 bridgehead atoms. The Bertz CT molecular complexity index is 560. The summed E-state index contributed by atoms with van der Waals surface area (Å²) in [6.07, 6.45) is 9.65. The van der Waals surface area contributed by atoms with Crippen LogP contribution in [-0.4, -0.2) is 37.0 Å². The Morgan fingerprint density at radius 2 is 1.96 bits per heavy atom. The molecule has 1 aromatic rings. The first-order valence-corrected chi connectivity index (χ1v) is 9.06. The fourth-order valence-electron chi connectivity index (χ4n) is 3.36. The summed E-state index contributed by atoms with van der Waals surface area (Å²) in [5.41, 5.74) is 1.11. The van der Waals surface area contributed by atoms with Gasteiger partial charge >= 0.3 is 0 Å². The van der Waals surface area contributed by atoms with Crippen LogP contribution in [0.5, 0.6) is 5.75 Å². The number of likely N-dealkylation sites (tertiary alicyclic amines) is 1. The number of amides is 1. The van der Waals surface area contributed by atoms with Crippen molar-refractivity contribution in [3.63, 3.8) is 0 Å². The summed E-state index contributed by atoms with van der Waals surface area (Å²) >= 11 is 0. The lowest BCUT2D eigenvalue weighted by molar-refractivity contribution is -0.121. The van der Waals surface area contributed by atoms with E-state index in [2.05, 4.69) is 29.4 Å². The van der Waals surface area contributed by atoms with Gasteiger partial charge in [0.1, 0.15) is 11.9 Å². The van der Waals surface area contributed by atoms with Crippen LogP contribution in [0.4, 0.5) is 0 Å². The van der Waals surface area contributed by atoms with E-state index in [9.17, 15) is 4.79 Å². The molecule has 0 spiro atoms. The normalized spacial score (nSPS) is 21.8. The topological polar surface area (TPSA) is 41.6 Å². The van der Waals surface area contributed by atoms with Gasteiger partial charge in [0.25, 0.3) is 0 Å². The first-order chi connectivity index (χ1) is 11.7. The smallest absolute Gasteiger partial charge is 0.220 e. The maximum Gasteiger partial charge on any atom is 0.220 e. The van der Waals surface area contributed by atoms with Crippen LogP contribution in [-0.2, 0) is 11.3 Å². The minimum atomic E-state index is 0.137. The van der Waals surface area contributed by atoms with E-state index in [4.69, 9.17) is 4.74 Å². The van der Waals surface area contributed by atoms with Gasteiger partial charge in [-0.15, -0.1) is 0 Å². The fourth-order valence-corrected chi connectivity index (χ4v) is 3.36. The van der Waals surface area contributed by atoms with Crippen molar-refractivity contribution in [3.05, 3.63) is 42.0 Å². The molecule has 3 rings (SSSR count). The van der Waals surface area contributed by atoms with Crippen LogP contribution in [0.15, 0.2) is 36.4 Å². The number of ether oxygens (including phenoxy) is 1. The van der Waals surface area contributed by atoms with Gasteiger partial charge in [-0.2, -0.15) is 0 Å². The van der Waals surface area contributed by atoms with Gasteiger partial charge in [0, 0.05) is 26.1 Å². The van der Waals surface area contributed by atoms with Gasteiger partial charge in [-0.1, -0.05) is 24.3 Å². The third-order valence-corrected chi connectivity index (χ3v) is 4.94. The Kier molecular flexibility index (Phi) is 5.91. The first-order valence-electron chi connectivity index (χ1n) is 9.06. The van der Waals surface area contributed by atoms with Gasteiger partial charge in [-0.3, -0.25) is 4.79 Å². The van der Waals surface area contributed by atoms with E-state index in [0.29, 0.717) is 25.0 Å². The van der Waals surface area contributed by atoms with E-state index in [-0.39, 0.29) is 5.91 Å².